The van der Waals surface area contributed by atoms with E-state index in [1.54, 1.807) is 0 Å². The number of carboxylic acid groups (broad SMARTS) is 1. The molecule has 0 saturated heterocycles. The number of alkyl halides is 3. The molecule has 0 aliphatic heterocycles. The summed E-state index contributed by atoms with van der Waals surface area (Å²) in [6.45, 7) is 1.06. The molecule has 0 aliphatic rings. The minimum Gasteiger partial charge on any atom is -0.480 e. The van der Waals surface area contributed by atoms with E-state index in [4.69, 9.17) is 5.11 Å². The first kappa shape index (κ1) is 16.0. The topological polar surface area (TPSA) is 86.6 Å². The van der Waals surface area contributed by atoms with Gasteiger partial charge in [0.2, 0.25) is 5.91 Å². The van der Waals surface area contributed by atoms with Gasteiger partial charge in [0.05, 0.1) is 5.56 Å². The second-order valence-corrected chi connectivity index (χ2v) is 4.08. The van der Waals surface area contributed by atoms with E-state index >= 15 is 0 Å². The molecule has 110 valence electrons. The molecule has 1 aromatic rings. The van der Waals surface area contributed by atoms with E-state index in [0.717, 1.165) is 31.2 Å². The van der Waals surface area contributed by atoms with Crippen LogP contribution < -0.4 is 5.32 Å². The van der Waals surface area contributed by atoms with E-state index in [0.29, 0.717) is 0 Å². The lowest BCUT2D eigenvalue weighted by Gasteiger charge is -2.20. The van der Waals surface area contributed by atoms with Crippen LogP contribution in [-0.4, -0.2) is 28.1 Å². The van der Waals surface area contributed by atoms with Crippen LogP contribution in [0.5, 0.6) is 0 Å². The van der Waals surface area contributed by atoms with E-state index in [1.165, 1.54) is 0 Å². The molecule has 0 radical (unpaired) electrons. The summed E-state index contributed by atoms with van der Waals surface area (Å²) in [4.78, 5) is 21.8. The Bertz CT molecular complexity index is 498. The molecule has 5 nitrogen and oxygen atoms in total. The van der Waals surface area contributed by atoms with Crippen molar-refractivity contribution < 1.29 is 33.0 Å². The highest BCUT2D eigenvalue weighted by Gasteiger charge is 2.32. The number of aliphatic carboxylic acids is 1. The smallest absolute Gasteiger partial charge is 0.416 e. The molecular formula is C12H12F3NO4. The van der Waals surface area contributed by atoms with Crippen LogP contribution in [0.2, 0.25) is 0 Å². The fourth-order valence-corrected chi connectivity index (χ4v) is 1.56. The minimum atomic E-state index is -4.52. The van der Waals surface area contributed by atoms with Gasteiger partial charge in [-0.05, 0) is 17.7 Å². The van der Waals surface area contributed by atoms with Gasteiger partial charge in [-0.25, -0.2) is 4.79 Å². The van der Waals surface area contributed by atoms with Gasteiger partial charge in [-0.15, -0.1) is 0 Å². The van der Waals surface area contributed by atoms with Crippen molar-refractivity contribution in [1.29, 1.82) is 0 Å². The molecule has 8 heteroatoms. The lowest BCUT2D eigenvalue weighted by Crippen LogP contribution is -2.44. The number of aliphatic hydroxyl groups is 1. The molecule has 0 spiro atoms. The number of nitrogens with one attached hydrogen (secondary N) is 1. The predicted molar refractivity (Wildman–Crippen MR) is 61.6 cm³/mol. The summed E-state index contributed by atoms with van der Waals surface area (Å²) in [6.07, 6.45) is -6.17. The van der Waals surface area contributed by atoms with Crippen LogP contribution in [0.4, 0.5) is 13.2 Å². The number of hydrogen-bond donors (Lipinski definition) is 3. The maximum absolute atomic E-state index is 12.4. The summed E-state index contributed by atoms with van der Waals surface area (Å²) in [5.41, 5.74) is -0.959. The van der Waals surface area contributed by atoms with E-state index in [-0.39, 0.29) is 5.56 Å². The second kappa shape index (κ2) is 5.91. The highest BCUT2D eigenvalue weighted by molar-refractivity contribution is 5.82. The third-order valence-electron chi connectivity index (χ3n) is 2.52. The van der Waals surface area contributed by atoms with Crippen molar-refractivity contribution in [2.24, 2.45) is 0 Å². The monoisotopic (exact) mass is 291 g/mol. The van der Waals surface area contributed by atoms with Crippen molar-refractivity contribution in [1.82, 2.24) is 5.32 Å². The van der Waals surface area contributed by atoms with Crippen molar-refractivity contribution in [2.45, 2.75) is 25.2 Å². The summed E-state index contributed by atoms with van der Waals surface area (Å²) in [6, 6.07) is 1.75. The Hall–Kier alpha value is -2.09. The molecule has 0 heterocycles. The van der Waals surface area contributed by atoms with Crippen LogP contribution in [0.1, 0.15) is 24.2 Å². The highest BCUT2D eigenvalue weighted by atomic mass is 19.4. The van der Waals surface area contributed by atoms with Gasteiger partial charge < -0.3 is 15.5 Å². The van der Waals surface area contributed by atoms with Crippen LogP contribution in [0, 0.1) is 0 Å². The molecule has 1 aromatic carbocycles. The van der Waals surface area contributed by atoms with Crippen LogP contribution >= 0.6 is 0 Å². The molecule has 0 unspecified atom stereocenters. The van der Waals surface area contributed by atoms with Crippen LogP contribution in [0.3, 0.4) is 0 Å². The van der Waals surface area contributed by atoms with Crippen LogP contribution in [0.25, 0.3) is 0 Å². The zero-order valence-corrected chi connectivity index (χ0v) is 10.3. The fraction of sp³-hybridized carbons (Fsp3) is 0.333. The van der Waals surface area contributed by atoms with Crippen molar-refractivity contribution in [3.05, 3.63) is 35.4 Å². The van der Waals surface area contributed by atoms with Crippen molar-refractivity contribution in [3.8, 4) is 0 Å². The Labute approximate surface area is 112 Å². The first-order valence-electron chi connectivity index (χ1n) is 5.48. The summed E-state index contributed by atoms with van der Waals surface area (Å²) >= 11 is 0. The number of hydrogen-bond acceptors (Lipinski definition) is 3. The number of carbonyl (C=O) groups excluding carboxylic acids is 1. The molecule has 20 heavy (non-hydrogen) atoms. The van der Waals surface area contributed by atoms with Gasteiger partial charge in [-0.2, -0.15) is 13.2 Å². The largest absolute Gasteiger partial charge is 0.480 e. The summed E-state index contributed by atoms with van der Waals surface area (Å²) in [7, 11) is 0. The third kappa shape index (κ3) is 3.95. The molecule has 1 rings (SSSR count). The van der Waals surface area contributed by atoms with Crippen LogP contribution in [-0.2, 0) is 15.8 Å². The number of benzene rings is 1. The zero-order chi connectivity index (χ0) is 15.5. The van der Waals surface area contributed by atoms with Crippen molar-refractivity contribution in [2.75, 3.05) is 0 Å². The van der Waals surface area contributed by atoms with E-state index in [9.17, 15) is 27.9 Å². The Morgan fingerprint density at radius 1 is 1.20 bits per heavy atom. The number of amides is 1. The lowest BCUT2D eigenvalue weighted by molar-refractivity contribution is -0.145. The average Bonchev–Trinajstić information content (AvgIpc) is 2.33. The molecule has 0 bridgehead atoms. The normalized spacial score (nSPS) is 14.4. The second-order valence-electron chi connectivity index (χ2n) is 4.08. The van der Waals surface area contributed by atoms with Gasteiger partial charge in [0.25, 0.3) is 0 Å². The number of halogens is 3. The molecule has 1 amide bonds. The first-order valence-corrected chi connectivity index (χ1v) is 5.48. The number of rotatable bonds is 4. The molecule has 0 saturated carbocycles. The fourth-order valence-electron chi connectivity index (χ4n) is 1.56. The number of carboxylic acids is 1. The SMILES string of the molecule is CC(=O)N[C@@H](C(=O)O)[C@@H](O)c1ccc(C(F)(F)F)cc1. The average molecular weight is 291 g/mol. The summed E-state index contributed by atoms with van der Waals surface area (Å²) < 4.78 is 37.1. The van der Waals surface area contributed by atoms with Gasteiger partial charge in [-0.3, -0.25) is 4.79 Å². The number of carbonyl (C=O) groups is 2. The number of aliphatic hydroxyl groups excluding tert-OH is 1. The molecule has 2 atom stereocenters. The van der Waals surface area contributed by atoms with Gasteiger partial charge >= 0.3 is 12.1 Å². The quantitative estimate of drug-likeness (QED) is 0.781. The Morgan fingerprint density at radius 2 is 1.70 bits per heavy atom. The van der Waals surface area contributed by atoms with Gasteiger partial charge in [0.15, 0.2) is 6.04 Å². The third-order valence-corrected chi connectivity index (χ3v) is 2.52. The lowest BCUT2D eigenvalue weighted by atomic mass is 10.0. The van der Waals surface area contributed by atoms with E-state index < -0.39 is 35.8 Å². The van der Waals surface area contributed by atoms with E-state index in [2.05, 4.69) is 0 Å². The Balaban J connectivity index is 2.98. The van der Waals surface area contributed by atoms with Gasteiger partial charge in [0, 0.05) is 6.92 Å². The van der Waals surface area contributed by atoms with E-state index in [1.807, 2.05) is 5.32 Å². The Morgan fingerprint density at radius 3 is 2.05 bits per heavy atom. The molecule has 0 aliphatic carbocycles. The first-order chi connectivity index (χ1) is 9.12. The predicted octanol–water partition coefficient (Wildman–Crippen LogP) is 1.33. The summed E-state index contributed by atoms with van der Waals surface area (Å²) in [5, 5.41) is 20.7. The maximum Gasteiger partial charge on any atom is 0.416 e. The molecule has 0 fully saturated rings. The van der Waals surface area contributed by atoms with Gasteiger partial charge in [-0.1, -0.05) is 12.1 Å². The molecule has 0 aromatic heterocycles. The van der Waals surface area contributed by atoms with Crippen molar-refractivity contribution in [3.63, 3.8) is 0 Å². The molecular weight excluding hydrogens is 279 g/mol. The highest BCUT2D eigenvalue weighted by Crippen LogP contribution is 2.30. The maximum atomic E-state index is 12.4. The zero-order valence-electron chi connectivity index (χ0n) is 10.3. The summed E-state index contributed by atoms with van der Waals surface area (Å²) in [5.74, 6) is -2.17. The molecule has 3 N–H and O–H groups in total. The standard InChI is InChI=1S/C12H12F3NO4/c1-6(17)16-9(11(19)20)10(18)7-2-4-8(5-3-7)12(13,14)15/h2-5,9-10,18H,1H3,(H,16,17)(H,19,20)/t9-,10+/m1/s1. The van der Waals surface area contributed by atoms with Gasteiger partial charge in [0.1, 0.15) is 6.10 Å². The minimum absolute atomic E-state index is 0.0425. The van der Waals surface area contributed by atoms with Crippen LogP contribution in [0.15, 0.2) is 24.3 Å². The van der Waals surface area contributed by atoms with Crippen molar-refractivity contribution >= 4 is 11.9 Å². The Kier molecular flexibility index (Phi) is 4.72.